The molecular weight excluding hydrogens is 271 g/mol. The summed E-state index contributed by atoms with van der Waals surface area (Å²) in [6.07, 6.45) is 0. The summed E-state index contributed by atoms with van der Waals surface area (Å²) >= 11 is 5.78. The topological polar surface area (TPSA) is 55.0 Å². The van der Waals surface area contributed by atoms with Crippen LogP contribution in [0.5, 0.6) is 0 Å². The van der Waals surface area contributed by atoms with E-state index in [9.17, 15) is 9.18 Å². The third-order valence-electron chi connectivity index (χ3n) is 2.39. The van der Waals surface area contributed by atoms with Crippen molar-refractivity contribution in [1.29, 1.82) is 0 Å². The smallest absolute Gasteiger partial charge is 0.251 e. The van der Waals surface area contributed by atoms with Crippen molar-refractivity contribution in [3.63, 3.8) is 0 Å². The molecule has 1 N–H and O–H groups in total. The highest BCUT2D eigenvalue weighted by molar-refractivity contribution is 6.30. The molecule has 1 aromatic carbocycles. The normalized spacial score (nSPS) is 10.7. The number of benzene rings is 1. The fraction of sp³-hybridized carbons (Fsp3) is 0.231. The lowest BCUT2D eigenvalue weighted by Crippen LogP contribution is -2.12. The van der Waals surface area contributed by atoms with Gasteiger partial charge in [-0.05, 0) is 25.1 Å². The summed E-state index contributed by atoms with van der Waals surface area (Å²) in [6.45, 7) is 2.55. The van der Waals surface area contributed by atoms with Gasteiger partial charge in [0.25, 0.3) is 5.56 Å². The Labute approximate surface area is 114 Å². The average Bonchev–Trinajstić information content (AvgIpc) is 2.34. The molecule has 19 heavy (non-hydrogen) atoms. The van der Waals surface area contributed by atoms with Crippen molar-refractivity contribution in [3.05, 3.63) is 51.3 Å². The van der Waals surface area contributed by atoms with Gasteiger partial charge in [0, 0.05) is 23.3 Å². The van der Waals surface area contributed by atoms with E-state index in [1.54, 1.807) is 6.07 Å². The zero-order valence-corrected chi connectivity index (χ0v) is 11.0. The molecule has 0 aliphatic carbocycles. The minimum absolute atomic E-state index is 0.197. The van der Waals surface area contributed by atoms with Gasteiger partial charge in [-0.3, -0.25) is 4.79 Å². The molecular formula is C13H12ClFN2O2. The monoisotopic (exact) mass is 282 g/mol. The molecule has 100 valence electrons. The Balaban J connectivity index is 2.43. The molecule has 0 spiro atoms. The van der Waals surface area contributed by atoms with Crippen LogP contribution in [0.1, 0.15) is 12.7 Å². The van der Waals surface area contributed by atoms with Gasteiger partial charge in [0.2, 0.25) is 0 Å². The van der Waals surface area contributed by atoms with E-state index in [1.807, 2.05) is 6.92 Å². The highest BCUT2D eigenvalue weighted by Gasteiger charge is 2.07. The van der Waals surface area contributed by atoms with Crippen molar-refractivity contribution in [2.75, 3.05) is 6.61 Å². The highest BCUT2D eigenvalue weighted by atomic mass is 35.5. The fourth-order valence-corrected chi connectivity index (χ4v) is 1.85. The van der Waals surface area contributed by atoms with E-state index in [0.717, 1.165) is 0 Å². The second kappa shape index (κ2) is 5.95. The molecule has 0 aliphatic rings. The fourth-order valence-electron chi connectivity index (χ4n) is 1.62. The Kier molecular flexibility index (Phi) is 4.29. The maximum Gasteiger partial charge on any atom is 0.251 e. The van der Waals surface area contributed by atoms with Crippen LogP contribution < -0.4 is 5.56 Å². The van der Waals surface area contributed by atoms with E-state index in [-0.39, 0.29) is 17.2 Å². The Morgan fingerprint density at radius 3 is 2.84 bits per heavy atom. The molecule has 6 heteroatoms. The number of aromatic nitrogens is 2. The second-order valence-corrected chi connectivity index (χ2v) is 4.31. The summed E-state index contributed by atoms with van der Waals surface area (Å²) < 4.78 is 18.5. The molecule has 0 fully saturated rings. The van der Waals surface area contributed by atoms with Crippen molar-refractivity contribution < 1.29 is 9.13 Å². The highest BCUT2D eigenvalue weighted by Crippen LogP contribution is 2.22. The summed E-state index contributed by atoms with van der Waals surface area (Å²) in [4.78, 5) is 18.3. The number of ether oxygens (including phenoxy) is 1. The molecule has 0 saturated heterocycles. The van der Waals surface area contributed by atoms with Crippen molar-refractivity contribution in [3.8, 4) is 11.3 Å². The number of nitrogens with one attached hydrogen (secondary N) is 1. The summed E-state index contributed by atoms with van der Waals surface area (Å²) in [5.41, 5.74) is 0.494. The first-order chi connectivity index (χ1) is 9.08. The predicted molar refractivity (Wildman–Crippen MR) is 70.6 cm³/mol. The SMILES string of the molecule is CCOCc1nc(-c2cc(F)cc(Cl)c2)cc(=O)[nH]1. The minimum atomic E-state index is -0.476. The van der Waals surface area contributed by atoms with Gasteiger partial charge in [0.15, 0.2) is 0 Å². The van der Waals surface area contributed by atoms with E-state index >= 15 is 0 Å². The lowest BCUT2D eigenvalue weighted by Gasteiger charge is -2.05. The van der Waals surface area contributed by atoms with Crippen LogP contribution in [0.25, 0.3) is 11.3 Å². The molecule has 0 unspecified atom stereocenters. The molecule has 4 nitrogen and oxygen atoms in total. The van der Waals surface area contributed by atoms with Crippen LogP contribution in [0.2, 0.25) is 5.02 Å². The number of hydrogen-bond acceptors (Lipinski definition) is 3. The van der Waals surface area contributed by atoms with Gasteiger partial charge in [0.05, 0.1) is 5.69 Å². The van der Waals surface area contributed by atoms with E-state index in [2.05, 4.69) is 9.97 Å². The first-order valence-corrected chi connectivity index (χ1v) is 6.10. The van der Waals surface area contributed by atoms with Crippen molar-refractivity contribution >= 4 is 11.6 Å². The van der Waals surface area contributed by atoms with Gasteiger partial charge in [-0.25, -0.2) is 9.37 Å². The van der Waals surface area contributed by atoms with Gasteiger partial charge >= 0.3 is 0 Å². The van der Waals surface area contributed by atoms with Gasteiger partial charge in [-0.15, -0.1) is 0 Å². The first-order valence-electron chi connectivity index (χ1n) is 5.73. The molecule has 1 heterocycles. The van der Waals surface area contributed by atoms with Crippen LogP contribution in [0.15, 0.2) is 29.1 Å². The summed E-state index contributed by atoms with van der Waals surface area (Å²) in [5.74, 6) is -0.0827. The van der Waals surface area contributed by atoms with E-state index < -0.39 is 5.82 Å². The zero-order chi connectivity index (χ0) is 13.8. The Bertz CT molecular complexity index is 623. The molecule has 2 rings (SSSR count). The molecule has 0 saturated carbocycles. The van der Waals surface area contributed by atoms with Crippen molar-refractivity contribution in [2.45, 2.75) is 13.5 Å². The third kappa shape index (κ3) is 3.62. The molecule has 2 aromatic rings. The maximum absolute atomic E-state index is 13.3. The lowest BCUT2D eigenvalue weighted by atomic mass is 10.1. The summed E-state index contributed by atoms with van der Waals surface area (Å²) in [5, 5.41) is 0.253. The standard InChI is InChI=1S/C13H12ClFN2O2/c1-2-19-7-12-16-11(6-13(18)17-12)8-3-9(14)5-10(15)4-8/h3-6H,2,7H2,1H3,(H,16,17,18). The molecule has 0 bridgehead atoms. The Hall–Kier alpha value is -1.72. The molecule has 0 amide bonds. The molecule has 0 radical (unpaired) electrons. The van der Waals surface area contributed by atoms with E-state index in [1.165, 1.54) is 18.2 Å². The van der Waals surface area contributed by atoms with Crippen molar-refractivity contribution in [1.82, 2.24) is 9.97 Å². The predicted octanol–water partition coefficient (Wildman–Crippen LogP) is 2.77. The molecule has 1 aromatic heterocycles. The third-order valence-corrected chi connectivity index (χ3v) is 2.61. The quantitative estimate of drug-likeness (QED) is 0.938. The van der Waals surface area contributed by atoms with E-state index in [4.69, 9.17) is 16.3 Å². The lowest BCUT2D eigenvalue weighted by molar-refractivity contribution is 0.128. The number of H-pyrrole nitrogens is 1. The number of rotatable bonds is 4. The summed E-state index contributed by atoms with van der Waals surface area (Å²) in [6, 6.07) is 5.31. The van der Waals surface area contributed by atoms with Crippen LogP contribution in [0, 0.1) is 5.82 Å². The number of aromatic amines is 1. The zero-order valence-electron chi connectivity index (χ0n) is 10.2. The summed E-state index contributed by atoms with van der Waals surface area (Å²) in [7, 11) is 0. The largest absolute Gasteiger partial charge is 0.374 e. The van der Waals surface area contributed by atoms with Crippen LogP contribution in [0.3, 0.4) is 0 Å². The van der Waals surface area contributed by atoms with Gasteiger partial charge in [-0.1, -0.05) is 11.6 Å². The number of hydrogen-bond donors (Lipinski definition) is 1. The van der Waals surface area contributed by atoms with Crippen LogP contribution >= 0.6 is 11.6 Å². The van der Waals surface area contributed by atoms with Crippen LogP contribution in [-0.2, 0) is 11.3 Å². The molecule has 0 aliphatic heterocycles. The van der Waals surface area contributed by atoms with Gasteiger partial charge in [0.1, 0.15) is 18.2 Å². The maximum atomic E-state index is 13.3. The average molecular weight is 283 g/mol. The number of halogens is 2. The van der Waals surface area contributed by atoms with E-state index in [0.29, 0.717) is 23.7 Å². The van der Waals surface area contributed by atoms with Crippen LogP contribution in [0.4, 0.5) is 4.39 Å². The van der Waals surface area contributed by atoms with Gasteiger partial charge in [-0.2, -0.15) is 0 Å². The first kappa shape index (κ1) is 13.7. The minimum Gasteiger partial charge on any atom is -0.374 e. The Morgan fingerprint density at radius 1 is 1.37 bits per heavy atom. The Morgan fingerprint density at radius 2 is 2.16 bits per heavy atom. The molecule has 0 atom stereocenters. The number of nitrogens with zero attached hydrogens (tertiary/aromatic N) is 1. The van der Waals surface area contributed by atoms with Crippen LogP contribution in [-0.4, -0.2) is 16.6 Å². The second-order valence-electron chi connectivity index (χ2n) is 3.87. The van der Waals surface area contributed by atoms with Crippen molar-refractivity contribution in [2.24, 2.45) is 0 Å². The van der Waals surface area contributed by atoms with Gasteiger partial charge < -0.3 is 9.72 Å².